The van der Waals surface area contributed by atoms with Gasteiger partial charge in [0.15, 0.2) is 0 Å². The Morgan fingerprint density at radius 1 is 1.17 bits per heavy atom. The number of hydrogen-bond donors (Lipinski definition) is 1. The number of aryl methyl sites for hydroxylation is 1. The van der Waals surface area contributed by atoms with Crippen LogP contribution < -0.4 is 14.5 Å². The minimum absolute atomic E-state index is 0.0203. The van der Waals surface area contributed by atoms with E-state index in [0.717, 1.165) is 45.5 Å². The number of halogens is 1. The van der Waals surface area contributed by atoms with E-state index >= 15 is 0 Å². The van der Waals surface area contributed by atoms with Gasteiger partial charge in [0.05, 0.1) is 36.2 Å². The number of hydrogen-bond acceptors (Lipinski definition) is 8. The average molecular weight is 574 g/mol. The van der Waals surface area contributed by atoms with Gasteiger partial charge in [-0.25, -0.2) is 4.39 Å². The first kappa shape index (κ1) is 26.2. The summed E-state index contributed by atoms with van der Waals surface area (Å²) in [4.78, 5) is 30.3. The molecule has 6 heterocycles. The van der Waals surface area contributed by atoms with Crippen molar-refractivity contribution in [3.63, 3.8) is 0 Å². The summed E-state index contributed by atoms with van der Waals surface area (Å²) >= 11 is 0. The second-order valence-corrected chi connectivity index (χ2v) is 12.7. The van der Waals surface area contributed by atoms with Crippen LogP contribution in [-0.4, -0.2) is 76.9 Å². The summed E-state index contributed by atoms with van der Waals surface area (Å²) in [5.74, 6) is 0.419. The Hall–Kier alpha value is -3.50. The van der Waals surface area contributed by atoms with Crippen molar-refractivity contribution < 1.29 is 23.8 Å². The highest BCUT2D eigenvalue weighted by Gasteiger charge is 2.46. The molecule has 8 rings (SSSR count). The lowest BCUT2D eigenvalue weighted by molar-refractivity contribution is 0.0995. The lowest BCUT2D eigenvalue weighted by Crippen LogP contribution is -2.43. The highest BCUT2D eigenvalue weighted by atomic mass is 19.1. The Kier molecular flexibility index (Phi) is 6.08. The smallest absolute Gasteiger partial charge is 0.318 e. The standard InChI is InChI=1S/C32H36FN5O4/c1-2-23-24(33)6-5-20-12-21(39)13-26(27(20)23)38-16-25-28(30(38)40)29(36-14-19-11-22(15-36)41-17-19)35-31(34-25)42-18-32-7-3-9-37(32)10-4-8-32/h5-6,12-13,19,22,39H,2-4,7-11,14-18H2,1H3. The van der Waals surface area contributed by atoms with Crippen LogP contribution in [0.15, 0.2) is 24.3 Å². The quantitative estimate of drug-likeness (QED) is 0.463. The Labute approximate surface area is 244 Å². The predicted molar refractivity (Wildman–Crippen MR) is 156 cm³/mol. The number of rotatable bonds is 6. The van der Waals surface area contributed by atoms with Gasteiger partial charge in [0.25, 0.3) is 5.91 Å². The van der Waals surface area contributed by atoms with Gasteiger partial charge in [0.1, 0.15) is 29.6 Å². The van der Waals surface area contributed by atoms with Crippen LogP contribution >= 0.6 is 0 Å². The van der Waals surface area contributed by atoms with Gasteiger partial charge in [-0.1, -0.05) is 13.0 Å². The van der Waals surface area contributed by atoms with E-state index in [1.807, 2.05) is 6.92 Å². The number of aromatic nitrogens is 2. The normalized spacial score (nSPS) is 24.6. The van der Waals surface area contributed by atoms with Gasteiger partial charge in [0, 0.05) is 30.5 Å². The van der Waals surface area contributed by atoms with Crippen molar-refractivity contribution in [2.75, 3.05) is 49.2 Å². The van der Waals surface area contributed by atoms with E-state index in [0.29, 0.717) is 70.6 Å². The van der Waals surface area contributed by atoms with Gasteiger partial charge in [0.2, 0.25) is 0 Å². The minimum atomic E-state index is -0.326. The van der Waals surface area contributed by atoms with Gasteiger partial charge in [-0.15, -0.1) is 0 Å². The number of ether oxygens (including phenoxy) is 2. The van der Waals surface area contributed by atoms with Crippen LogP contribution in [0.5, 0.6) is 11.8 Å². The van der Waals surface area contributed by atoms with Crippen molar-refractivity contribution >= 4 is 28.2 Å². The fourth-order valence-electron chi connectivity index (χ4n) is 8.18. The molecule has 5 aliphatic heterocycles. The Bertz CT molecular complexity index is 1580. The summed E-state index contributed by atoms with van der Waals surface area (Å²) < 4.78 is 27.3. The third-order valence-corrected chi connectivity index (χ3v) is 10.1. The number of phenols is 1. The number of benzene rings is 2. The summed E-state index contributed by atoms with van der Waals surface area (Å²) in [5, 5.41) is 11.9. The van der Waals surface area contributed by atoms with Crippen LogP contribution in [0.1, 0.15) is 60.6 Å². The second-order valence-electron chi connectivity index (χ2n) is 12.7. The first-order valence-electron chi connectivity index (χ1n) is 15.3. The number of aromatic hydroxyl groups is 1. The van der Waals surface area contributed by atoms with E-state index in [4.69, 9.17) is 19.4 Å². The van der Waals surface area contributed by atoms with Gasteiger partial charge < -0.3 is 24.4 Å². The molecule has 2 bridgehead atoms. The van der Waals surface area contributed by atoms with Crippen LogP contribution in [0.4, 0.5) is 15.9 Å². The molecule has 1 amide bonds. The summed E-state index contributed by atoms with van der Waals surface area (Å²) in [6, 6.07) is 6.53. The molecule has 0 saturated carbocycles. The van der Waals surface area contributed by atoms with Gasteiger partial charge >= 0.3 is 6.01 Å². The van der Waals surface area contributed by atoms with Crippen LogP contribution in [0.2, 0.25) is 0 Å². The summed E-state index contributed by atoms with van der Waals surface area (Å²) in [6.45, 7) is 6.96. The van der Waals surface area contributed by atoms with Crippen molar-refractivity contribution in [1.82, 2.24) is 14.9 Å². The zero-order valence-corrected chi connectivity index (χ0v) is 23.9. The first-order valence-corrected chi connectivity index (χ1v) is 15.3. The molecule has 10 heteroatoms. The predicted octanol–water partition coefficient (Wildman–Crippen LogP) is 4.43. The molecule has 1 N–H and O–H groups in total. The summed E-state index contributed by atoms with van der Waals surface area (Å²) in [7, 11) is 0. The number of fused-ring (bicyclic) bond motifs is 5. The topological polar surface area (TPSA) is 91.3 Å². The van der Waals surface area contributed by atoms with Crippen LogP contribution in [0, 0.1) is 11.7 Å². The molecule has 3 aromatic rings. The molecule has 0 spiro atoms. The molecule has 0 radical (unpaired) electrons. The summed E-state index contributed by atoms with van der Waals surface area (Å²) in [6.07, 6.45) is 6.17. The number of piperidine rings is 1. The van der Waals surface area contributed by atoms with E-state index in [2.05, 4.69) is 9.80 Å². The van der Waals surface area contributed by atoms with E-state index in [1.54, 1.807) is 23.1 Å². The molecule has 0 aliphatic carbocycles. The number of nitrogens with zero attached hydrogens (tertiary/aromatic N) is 5. The maximum Gasteiger partial charge on any atom is 0.318 e. The monoisotopic (exact) mass is 573 g/mol. The molecular weight excluding hydrogens is 537 g/mol. The van der Waals surface area contributed by atoms with Crippen LogP contribution in [-0.2, 0) is 17.7 Å². The molecule has 2 aromatic carbocycles. The Morgan fingerprint density at radius 2 is 2.00 bits per heavy atom. The highest BCUT2D eigenvalue weighted by molar-refractivity contribution is 6.16. The minimum Gasteiger partial charge on any atom is -0.508 e. The Morgan fingerprint density at radius 3 is 2.79 bits per heavy atom. The van der Waals surface area contributed by atoms with Gasteiger partial charge in [-0.3, -0.25) is 9.69 Å². The molecule has 2 atom stereocenters. The molecular formula is C32H36FN5O4. The molecule has 4 saturated heterocycles. The van der Waals surface area contributed by atoms with E-state index in [-0.39, 0.29) is 35.7 Å². The third-order valence-electron chi connectivity index (χ3n) is 10.1. The number of carbonyl (C=O) groups excluding carboxylic acids is 1. The van der Waals surface area contributed by atoms with Crippen molar-refractivity contribution in [2.45, 2.75) is 63.6 Å². The summed E-state index contributed by atoms with van der Waals surface area (Å²) in [5.41, 5.74) is 2.09. The van der Waals surface area contributed by atoms with E-state index < -0.39 is 0 Å². The Balaban J connectivity index is 1.20. The van der Waals surface area contributed by atoms with Crippen LogP contribution in [0.25, 0.3) is 10.8 Å². The second kappa shape index (κ2) is 9.77. The SMILES string of the molecule is CCc1c(F)ccc2cc(O)cc(N3Cc4nc(OCC56CCCN5CCC6)nc(N5CC6COC(C6)C5)c4C3=O)c12. The van der Waals surface area contributed by atoms with Gasteiger partial charge in [-0.2, -0.15) is 9.97 Å². The number of carbonyl (C=O) groups is 1. The van der Waals surface area contributed by atoms with E-state index in [1.165, 1.54) is 18.9 Å². The zero-order valence-electron chi connectivity index (χ0n) is 23.9. The van der Waals surface area contributed by atoms with Crippen molar-refractivity contribution in [2.24, 2.45) is 5.92 Å². The molecule has 1 aromatic heterocycles. The molecule has 9 nitrogen and oxygen atoms in total. The lowest BCUT2D eigenvalue weighted by Gasteiger charge is -2.33. The lowest BCUT2D eigenvalue weighted by atomic mass is 9.95. The maximum absolute atomic E-state index is 15.0. The highest BCUT2D eigenvalue weighted by Crippen LogP contribution is 2.43. The third kappa shape index (κ3) is 4.06. The first-order chi connectivity index (χ1) is 20.4. The maximum atomic E-state index is 15.0. The largest absolute Gasteiger partial charge is 0.508 e. The number of anilines is 2. The zero-order chi connectivity index (χ0) is 28.6. The molecule has 4 fully saturated rings. The molecule has 2 unspecified atom stereocenters. The number of amides is 1. The molecule has 220 valence electrons. The fraction of sp³-hybridized carbons (Fsp3) is 0.531. The molecule has 42 heavy (non-hydrogen) atoms. The average Bonchev–Trinajstić information content (AvgIpc) is 3.74. The fourth-order valence-corrected chi connectivity index (χ4v) is 8.18. The molecule has 5 aliphatic rings. The van der Waals surface area contributed by atoms with Crippen molar-refractivity contribution in [1.29, 1.82) is 0 Å². The van der Waals surface area contributed by atoms with Crippen molar-refractivity contribution in [3.05, 3.63) is 46.9 Å². The number of phenolic OH excluding ortho intramolecular Hbond substituents is 1. The van der Waals surface area contributed by atoms with Crippen molar-refractivity contribution in [3.8, 4) is 11.8 Å². The van der Waals surface area contributed by atoms with Gasteiger partial charge in [-0.05, 0) is 74.7 Å². The van der Waals surface area contributed by atoms with E-state index in [9.17, 15) is 14.3 Å². The van der Waals surface area contributed by atoms with Crippen LogP contribution in [0.3, 0.4) is 0 Å².